The molecule has 0 atom stereocenters. The maximum atomic E-state index is 11.5. The third kappa shape index (κ3) is 2.19. The average Bonchev–Trinajstić information content (AvgIpc) is 2.45. The molecule has 16 heavy (non-hydrogen) atoms. The molecule has 0 bridgehead atoms. The van der Waals surface area contributed by atoms with Gasteiger partial charge in [0.05, 0.1) is 6.07 Å². The fourth-order valence-corrected chi connectivity index (χ4v) is 3.31. The summed E-state index contributed by atoms with van der Waals surface area (Å²) in [5.41, 5.74) is 1.47. The molecule has 0 aromatic rings. The molecule has 2 rings (SSSR count). The van der Waals surface area contributed by atoms with Crippen molar-refractivity contribution < 1.29 is 4.79 Å². The van der Waals surface area contributed by atoms with Gasteiger partial charge in [-0.2, -0.15) is 5.26 Å². The number of allylic oxidation sites excluding steroid dienone is 2. The molecular weight excluding hydrogens is 198 g/mol. The van der Waals surface area contributed by atoms with Crippen LogP contribution in [0.1, 0.15) is 57.8 Å². The molecule has 0 unspecified atom stereocenters. The van der Waals surface area contributed by atoms with Gasteiger partial charge in [0.2, 0.25) is 0 Å². The molecule has 0 radical (unpaired) electrons. The van der Waals surface area contributed by atoms with Gasteiger partial charge in [-0.25, -0.2) is 0 Å². The van der Waals surface area contributed by atoms with Crippen LogP contribution in [0.25, 0.3) is 0 Å². The molecule has 0 aromatic carbocycles. The number of carbonyl (C=O) groups excluding carboxylic acids is 1. The molecule has 1 spiro atoms. The van der Waals surface area contributed by atoms with Gasteiger partial charge in [-0.15, -0.1) is 0 Å². The highest BCUT2D eigenvalue weighted by atomic mass is 16.1. The van der Waals surface area contributed by atoms with E-state index >= 15 is 0 Å². The van der Waals surface area contributed by atoms with Crippen molar-refractivity contribution in [2.75, 3.05) is 0 Å². The average molecular weight is 217 g/mol. The van der Waals surface area contributed by atoms with E-state index in [1.165, 1.54) is 37.7 Å². The number of rotatable bonds is 0. The van der Waals surface area contributed by atoms with Crippen LogP contribution in [0, 0.1) is 16.7 Å². The van der Waals surface area contributed by atoms with Crippen LogP contribution in [0.5, 0.6) is 0 Å². The van der Waals surface area contributed by atoms with Crippen LogP contribution >= 0.6 is 0 Å². The Balaban J connectivity index is 2.26. The van der Waals surface area contributed by atoms with E-state index in [-0.39, 0.29) is 5.41 Å². The largest absolute Gasteiger partial charge is 0.300 e. The van der Waals surface area contributed by atoms with Crippen LogP contribution in [-0.4, -0.2) is 5.78 Å². The lowest BCUT2D eigenvalue weighted by molar-refractivity contribution is -0.119. The first-order valence-electron chi connectivity index (χ1n) is 6.38. The second-order valence-corrected chi connectivity index (χ2v) is 5.18. The van der Waals surface area contributed by atoms with Crippen molar-refractivity contribution in [1.82, 2.24) is 0 Å². The molecule has 0 N–H and O–H groups in total. The summed E-state index contributed by atoms with van der Waals surface area (Å²) in [6.07, 6.45) is 11.1. The summed E-state index contributed by atoms with van der Waals surface area (Å²) in [5, 5.41) is 8.88. The van der Waals surface area contributed by atoms with E-state index in [2.05, 4.69) is 6.07 Å². The van der Waals surface area contributed by atoms with Crippen LogP contribution in [0.4, 0.5) is 0 Å². The molecule has 2 saturated carbocycles. The van der Waals surface area contributed by atoms with Crippen molar-refractivity contribution >= 4 is 5.78 Å². The number of hydrogen-bond donors (Lipinski definition) is 0. The van der Waals surface area contributed by atoms with Crippen molar-refractivity contribution in [1.29, 1.82) is 5.26 Å². The zero-order valence-corrected chi connectivity index (χ0v) is 9.80. The summed E-state index contributed by atoms with van der Waals surface area (Å²) in [7, 11) is 0. The maximum Gasteiger partial charge on any atom is 0.133 e. The zero-order chi connectivity index (χ0) is 11.4. The van der Waals surface area contributed by atoms with Crippen molar-refractivity contribution in [3.8, 4) is 6.07 Å². The van der Waals surface area contributed by atoms with Crippen molar-refractivity contribution in [3.05, 3.63) is 11.6 Å². The monoisotopic (exact) mass is 217 g/mol. The van der Waals surface area contributed by atoms with Crippen molar-refractivity contribution in [2.45, 2.75) is 57.8 Å². The highest BCUT2D eigenvalue weighted by molar-refractivity contribution is 5.79. The van der Waals surface area contributed by atoms with E-state index in [1.54, 1.807) is 6.08 Å². The predicted molar refractivity (Wildman–Crippen MR) is 62.7 cm³/mol. The molecular formula is C14H19NO. The minimum Gasteiger partial charge on any atom is -0.300 e. The van der Waals surface area contributed by atoms with Gasteiger partial charge in [-0.05, 0) is 31.1 Å². The second-order valence-electron chi connectivity index (χ2n) is 5.18. The highest BCUT2D eigenvalue weighted by Crippen LogP contribution is 2.49. The summed E-state index contributed by atoms with van der Waals surface area (Å²) < 4.78 is 0. The molecule has 2 nitrogen and oxygen atoms in total. The molecule has 2 aliphatic carbocycles. The number of hydrogen-bond acceptors (Lipinski definition) is 2. The smallest absolute Gasteiger partial charge is 0.133 e. The Morgan fingerprint density at radius 3 is 2.50 bits per heavy atom. The number of Topliss-reactive ketones (excluding diaryl/α,β-unsaturated/α-hetero) is 1. The second kappa shape index (κ2) is 4.82. The van der Waals surface area contributed by atoms with Gasteiger partial charge in [-0.1, -0.05) is 24.8 Å². The Morgan fingerprint density at radius 2 is 1.81 bits per heavy atom. The Morgan fingerprint density at radius 1 is 1.06 bits per heavy atom. The number of ketones is 1. The van der Waals surface area contributed by atoms with Gasteiger partial charge in [-0.3, -0.25) is 4.79 Å². The Labute approximate surface area is 97.3 Å². The molecule has 0 heterocycles. The quantitative estimate of drug-likeness (QED) is 0.582. The topological polar surface area (TPSA) is 40.9 Å². The summed E-state index contributed by atoms with van der Waals surface area (Å²) >= 11 is 0. The van der Waals surface area contributed by atoms with Crippen LogP contribution in [0.3, 0.4) is 0 Å². The minimum absolute atomic E-state index is 0.208. The first-order valence-corrected chi connectivity index (χ1v) is 6.38. The van der Waals surface area contributed by atoms with Gasteiger partial charge in [0.25, 0.3) is 0 Å². The van der Waals surface area contributed by atoms with E-state index in [9.17, 15) is 4.79 Å². The summed E-state index contributed by atoms with van der Waals surface area (Å²) in [4.78, 5) is 11.5. The Kier molecular flexibility index (Phi) is 3.43. The summed E-state index contributed by atoms with van der Waals surface area (Å²) in [5.74, 6) is 0.381. The Hall–Kier alpha value is -1.10. The molecule has 2 heteroatoms. The zero-order valence-electron chi connectivity index (χ0n) is 9.80. The van der Waals surface area contributed by atoms with Crippen molar-refractivity contribution in [2.24, 2.45) is 5.41 Å². The third-order valence-electron chi connectivity index (χ3n) is 4.29. The summed E-state index contributed by atoms with van der Waals surface area (Å²) in [6.45, 7) is 0. The van der Waals surface area contributed by atoms with E-state index in [0.29, 0.717) is 12.2 Å². The maximum absolute atomic E-state index is 11.5. The molecule has 0 amide bonds. The molecule has 0 aliphatic heterocycles. The normalized spacial score (nSPS) is 27.7. The molecule has 86 valence electrons. The molecule has 2 aliphatic rings. The number of carbonyl (C=O) groups is 1. The minimum atomic E-state index is 0.208. The predicted octanol–water partition coefficient (Wildman–Crippen LogP) is 3.53. The van der Waals surface area contributed by atoms with Gasteiger partial charge < -0.3 is 0 Å². The number of nitriles is 1. The van der Waals surface area contributed by atoms with Gasteiger partial charge in [0.1, 0.15) is 5.78 Å². The fraction of sp³-hybridized carbons (Fsp3) is 0.714. The van der Waals surface area contributed by atoms with E-state index in [4.69, 9.17) is 5.26 Å². The van der Waals surface area contributed by atoms with Gasteiger partial charge in [0.15, 0.2) is 0 Å². The van der Waals surface area contributed by atoms with E-state index in [0.717, 1.165) is 19.3 Å². The number of nitrogens with zero attached hydrogens (tertiary/aromatic N) is 1. The lowest BCUT2D eigenvalue weighted by Gasteiger charge is -2.38. The molecule has 0 saturated heterocycles. The van der Waals surface area contributed by atoms with E-state index < -0.39 is 0 Å². The summed E-state index contributed by atoms with van der Waals surface area (Å²) in [6, 6.07) is 2.18. The lowest BCUT2D eigenvalue weighted by atomic mass is 9.66. The van der Waals surface area contributed by atoms with Gasteiger partial charge >= 0.3 is 0 Å². The highest BCUT2D eigenvalue weighted by Gasteiger charge is 2.37. The standard InChI is InChI=1S/C14H19NO/c15-11-7-12-4-5-13(16)6-10-14(12)8-2-1-3-9-14/h7H,1-6,8-10H2/b12-7+. The SMILES string of the molecule is N#C/C=C1\CCC(=O)CCC12CCCCC2. The van der Waals surface area contributed by atoms with Crippen LogP contribution in [0.15, 0.2) is 11.6 Å². The molecule has 2 fully saturated rings. The first kappa shape index (κ1) is 11.4. The van der Waals surface area contributed by atoms with E-state index in [1.807, 2.05) is 0 Å². The lowest BCUT2D eigenvalue weighted by Crippen LogP contribution is -2.25. The first-order chi connectivity index (χ1) is 7.77. The fourth-order valence-electron chi connectivity index (χ4n) is 3.31. The van der Waals surface area contributed by atoms with Crippen LogP contribution in [0.2, 0.25) is 0 Å². The van der Waals surface area contributed by atoms with Crippen molar-refractivity contribution in [3.63, 3.8) is 0 Å². The van der Waals surface area contributed by atoms with Gasteiger partial charge in [0, 0.05) is 18.9 Å². The van der Waals surface area contributed by atoms with Crippen LogP contribution in [-0.2, 0) is 4.79 Å². The Bertz CT molecular complexity index is 342. The molecule has 0 aromatic heterocycles. The third-order valence-corrected chi connectivity index (χ3v) is 4.29. The van der Waals surface area contributed by atoms with Crippen LogP contribution < -0.4 is 0 Å².